The van der Waals surface area contributed by atoms with Crippen molar-refractivity contribution < 1.29 is 33.4 Å². The Kier molecular flexibility index (Phi) is 18.1. The third-order valence-electron chi connectivity index (χ3n) is 6.35. The predicted octanol–water partition coefficient (Wildman–Crippen LogP) is -1.13. The Morgan fingerprint density at radius 2 is 1.44 bits per heavy atom. The van der Waals surface area contributed by atoms with E-state index in [4.69, 9.17) is 21.1 Å². The highest BCUT2D eigenvalue weighted by Gasteiger charge is 2.35. The van der Waals surface area contributed by atoms with Crippen molar-refractivity contribution in [3.63, 3.8) is 0 Å². The summed E-state index contributed by atoms with van der Waals surface area (Å²) < 4.78 is 10.7. The second-order valence-electron chi connectivity index (χ2n) is 11.1. The van der Waals surface area contributed by atoms with Crippen molar-refractivity contribution in [2.24, 2.45) is 23.4 Å². The van der Waals surface area contributed by atoms with Gasteiger partial charge in [0.1, 0.15) is 12.1 Å². The van der Waals surface area contributed by atoms with Gasteiger partial charge >= 0.3 is 0 Å². The number of ketones is 2. The maximum absolute atomic E-state index is 13.6. The lowest BCUT2D eigenvalue weighted by Gasteiger charge is -2.25. The number of Topliss-reactive ketones (excluding diaryl/α,β-unsaturated/α-hetero) is 2. The summed E-state index contributed by atoms with van der Waals surface area (Å²) >= 11 is 0. The highest BCUT2D eigenvalue weighted by Crippen LogP contribution is 2.10. The number of H-pyrrole nitrogens is 1. The first-order valence-electron chi connectivity index (χ1n) is 14.7. The Bertz CT molecular complexity index is 1000. The van der Waals surface area contributed by atoms with Crippen molar-refractivity contribution in [3.05, 3.63) is 18.2 Å². The number of primary amides is 1. The van der Waals surface area contributed by atoms with Crippen molar-refractivity contribution in [1.82, 2.24) is 31.3 Å². The summed E-state index contributed by atoms with van der Waals surface area (Å²) in [7, 11) is 0. The fraction of sp³-hybridized carbons (Fsp3) is 0.714. The van der Waals surface area contributed by atoms with Gasteiger partial charge < -0.3 is 36.1 Å². The zero-order valence-corrected chi connectivity index (χ0v) is 25.9. The maximum Gasteiger partial charge on any atom is 0.243 e. The van der Waals surface area contributed by atoms with E-state index in [0.717, 1.165) is 0 Å². The van der Waals surface area contributed by atoms with Crippen LogP contribution in [-0.2, 0) is 39.9 Å². The molecule has 0 aliphatic heterocycles. The van der Waals surface area contributed by atoms with Crippen molar-refractivity contribution in [2.75, 3.05) is 33.0 Å². The lowest BCUT2D eigenvalue weighted by molar-refractivity contribution is -0.140. The molecule has 0 saturated heterocycles. The van der Waals surface area contributed by atoms with E-state index in [9.17, 15) is 24.0 Å². The molecule has 3 amide bonds. The van der Waals surface area contributed by atoms with Crippen molar-refractivity contribution in [3.8, 4) is 0 Å². The van der Waals surface area contributed by atoms with Gasteiger partial charge in [-0.3, -0.25) is 29.8 Å². The van der Waals surface area contributed by atoms with Crippen LogP contribution in [0.15, 0.2) is 12.5 Å². The molecule has 15 heteroatoms. The molecule has 0 spiro atoms. The summed E-state index contributed by atoms with van der Waals surface area (Å²) in [6.07, 6.45) is 2.99. The van der Waals surface area contributed by atoms with E-state index in [2.05, 4.69) is 31.3 Å². The third kappa shape index (κ3) is 15.2. The fourth-order valence-corrected chi connectivity index (χ4v) is 4.27. The number of imidazole rings is 1. The van der Waals surface area contributed by atoms with Crippen LogP contribution in [0.25, 0.3) is 0 Å². The van der Waals surface area contributed by atoms with Crippen molar-refractivity contribution >= 4 is 29.3 Å². The summed E-state index contributed by atoms with van der Waals surface area (Å²) in [5.74, 6) is 1.83. The molecule has 4 atom stereocenters. The molecule has 9 N–H and O–H groups in total. The molecule has 0 radical (unpaired) electrons. The molecule has 0 fully saturated rings. The molecular formula is C28H50N8O7. The van der Waals surface area contributed by atoms with Crippen LogP contribution in [0.2, 0.25) is 0 Å². The number of nitrogens with zero attached hydrogens (tertiary/aromatic N) is 1. The lowest BCUT2D eigenvalue weighted by Crippen LogP contribution is -2.58. The van der Waals surface area contributed by atoms with Gasteiger partial charge in [0.05, 0.1) is 44.7 Å². The van der Waals surface area contributed by atoms with Crippen LogP contribution in [0, 0.1) is 11.8 Å². The highest BCUT2D eigenvalue weighted by molar-refractivity contribution is 6.41. The van der Waals surface area contributed by atoms with Gasteiger partial charge in [-0.25, -0.2) is 10.4 Å². The topological polar surface area (TPSA) is 233 Å². The van der Waals surface area contributed by atoms with Crippen molar-refractivity contribution in [1.29, 1.82) is 0 Å². The molecule has 15 nitrogen and oxygen atoms in total. The molecule has 1 aromatic heterocycles. The number of amides is 3. The van der Waals surface area contributed by atoms with Gasteiger partial charge in [0.25, 0.3) is 0 Å². The number of rotatable bonds is 24. The van der Waals surface area contributed by atoms with Crippen molar-refractivity contribution in [2.45, 2.75) is 84.5 Å². The van der Waals surface area contributed by atoms with E-state index in [1.165, 1.54) is 12.5 Å². The molecule has 244 valence electrons. The predicted molar refractivity (Wildman–Crippen MR) is 159 cm³/mol. The molecule has 1 rings (SSSR count). The van der Waals surface area contributed by atoms with Crippen LogP contribution in [0.3, 0.4) is 0 Å². The minimum Gasteiger partial charge on any atom is -0.379 e. The number of carbonyl (C=O) groups is 5. The van der Waals surface area contributed by atoms with E-state index >= 15 is 0 Å². The molecule has 0 saturated carbocycles. The molecular weight excluding hydrogens is 560 g/mol. The first-order valence-corrected chi connectivity index (χ1v) is 14.7. The Labute approximate surface area is 253 Å². The zero-order valence-electron chi connectivity index (χ0n) is 25.9. The van der Waals surface area contributed by atoms with Gasteiger partial charge in [-0.05, 0) is 31.6 Å². The number of nitrogens with one attached hydrogen (secondary N) is 5. The first-order chi connectivity index (χ1) is 20.4. The average Bonchev–Trinajstić information content (AvgIpc) is 3.45. The Morgan fingerprint density at radius 1 is 0.860 bits per heavy atom. The van der Waals surface area contributed by atoms with E-state index in [1.54, 1.807) is 0 Å². The van der Waals surface area contributed by atoms with Gasteiger partial charge in [0, 0.05) is 31.5 Å². The minimum atomic E-state index is -1.40. The summed E-state index contributed by atoms with van der Waals surface area (Å²) in [5.41, 5.74) is 8.24. The quantitative estimate of drug-likeness (QED) is 0.0320. The van der Waals surface area contributed by atoms with Gasteiger partial charge in [0.2, 0.25) is 29.3 Å². The third-order valence-corrected chi connectivity index (χ3v) is 6.35. The first kappa shape index (κ1) is 37.8. The van der Waals surface area contributed by atoms with E-state index < -0.39 is 59.9 Å². The van der Waals surface area contributed by atoms with Gasteiger partial charge in [-0.15, -0.1) is 0 Å². The number of ether oxygens (including phenoxy) is 2. The van der Waals surface area contributed by atoms with Gasteiger partial charge in [-0.1, -0.05) is 27.7 Å². The molecule has 43 heavy (non-hydrogen) atoms. The van der Waals surface area contributed by atoms with E-state index in [0.29, 0.717) is 51.5 Å². The monoisotopic (exact) mass is 610 g/mol. The fourth-order valence-electron chi connectivity index (χ4n) is 4.27. The number of hydrazine groups is 1. The second-order valence-corrected chi connectivity index (χ2v) is 11.1. The summed E-state index contributed by atoms with van der Waals surface area (Å²) in [6, 6.07) is -4.37. The molecule has 1 unspecified atom stereocenters. The average molecular weight is 611 g/mol. The van der Waals surface area contributed by atoms with Crippen LogP contribution in [0.5, 0.6) is 0 Å². The number of carbonyl (C=O) groups excluding carboxylic acids is 5. The number of aromatic nitrogens is 2. The van der Waals surface area contributed by atoms with E-state index in [1.807, 2.05) is 34.6 Å². The number of aromatic amines is 1. The standard InChI is InChI=1S/C28H50N8O7/c1-6-42-9-10-43-8-7-32-20(11-17(2)3)25(38)26(39)21(13-19-15-31-16-33-19)34-27(40)22(14-24(29)37)35-28(41)23(36-30)12-18(4)5/h15-18,20-23,32,36H,6-14,30H2,1-5H3,(H2,29,37)(H,31,33)(H,34,40)(H,35,41)/t20-,21-,22?,23-/m0/s1. The summed E-state index contributed by atoms with van der Waals surface area (Å²) in [5, 5.41) is 8.14. The normalized spacial score (nSPS) is 14.2. The number of hydrogen-bond donors (Lipinski definition) is 7. The minimum absolute atomic E-state index is 0.0805. The lowest BCUT2D eigenvalue weighted by atomic mass is 9.93. The van der Waals surface area contributed by atoms with Gasteiger partial charge in [-0.2, -0.15) is 0 Å². The van der Waals surface area contributed by atoms with Crippen LogP contribution in [0.4, 0.5) is 0 Å². The van der Waals surface area contributed by atoms with Gasteiger partial charge in [0.15, 0.2) is 0 Å². The van der Waals surface area contributed by atoms with Crippen LogP contribution < -0.4 is 33.0 Å². The molecule has 1 aromatic rings. The Morgan fingerprint density at radius 3 is 2.00 bits per heavy atom. The Balaban J connectivity index is 3.10. The van der Waals surface area contributed by atoms with E-state index in [-0.39, 0.29) is 18.3 Å². The second kappa shape index (κ2) is 20.6. The highest BCUT2D eigenvalue weighted by atomic mass is 16.5. The molecule has 0 aromatic carbocycles. The smallest absolute Gasteiger partial charge is 0.243 e. The SMILES string of the molecule is CCOCCOCCN[C@@H](CC(C)C)C(=O)C(=O)[C@H](Cc1cnc[nH]1)NC(=O)C(CC(N)=O)NC(=O)[C@H](CC(C)C)NN. The maximum atomic E-state index is 13.6. The van der Waals surface area contributed by atoms with Crippen LogP contribution in [-0.4, -0.2) is 96.4 Å². The number of hydrogen-bond acceptors (Lipinski definition) is 11. The van der Waals surface area contributed by atoms with Crippen LogP contribution >= 0.6 is 0 Å². The summed E-state index contributed by atoms with van der Waals surface area (Å²) in [4.78, 5) is 71.8. The zero-order chi connectivity index (χ0) is 32.4. The van der Waals surface area contributed by atoms with Crippen LogP contribution in [0.1, 0.15) is 59.6 Å². The molecule has 0 aliphatic rings. The summed E-state index contributed by atoms with van der Waals surface area (Å²) in [6.45, 7) is 11.6. The molecule has 1 heterocycles. The largest absolute Gasteiger partial charge is 0.379 e. The Hall–Kier alpha value is -3.24. The molecule has 0 aliphatic carbocycles. The number of nitrogens with two attached hydrogens (primary N) is 2. The molecule has 0 bridgehead atoms.